The molecule has 0 fully saturated rings. The summed E-state index contributed by atoms with van der Waals surface area (Å²) in [6.45, 7) is 9.48. The Hall–Kier alpha value is -0.900. The fraction of sp³-hybridized carbons (Fsp3) is 0.471. The summed E-state index contributed by atoms with van der Waals surface area (Å²) in [5.74, 6) is 0. The molecule has 1 heterocycles. The van der Waals surface area contributed by atoms with Crippen molar-refractivity contribution in [1.29, 1.82) is 0 Å². The molecule has 1 unspecified atom stereocenters. The first-order valence-electron chi connectivity index (χ1n) is 7.43. The van der Waals surface area contributed by atoms with E-state index >= 15 is 0 Å². The van der Waals surface area contributed by atoms with Crippen LogP contribution < -0.4 is 5.32 Å². The van der Waals surface area contributed by atoms with E-state index in [-0.39, 0.29) is 6.04 Å². The topological polar surface area (TPSA) is 24.9 Å². The number of nitrogens with one attached hydrogen (secondary N) is 1. The summed E-state index contributed by atoms with van der Waals surface area (Å²) < 4.78 is 0. The molecular formula is C17H23ClN2S. The van der Waals surface area contributed by atoms with E-state index in [2.05, 4.69) is 50.1 Å². The molecule has 1 aromatic carbocycles. The van der Waals surface area contributed by atoms with Crippen LogP contribution in [0.1, 0.15) is 46.1 Å². The van der Waals surface area contributed by atoms with Crippen LogP contribution >= 0.6 is 22.9 Å². The molecule has 4 heteroatoms. The zero-order valence-electron chi connectivity index (χ0n) is 13.2. The van der Waals surface area contributed by atoms with E-state index in [0.29, 0.717) is 0 Å². The van der Waals surface area contributed by atoms with Crippen molar-refractivity contribution in [2.75, 3.05) is 6.54 Å². The highest BCUT2D eigenvalue weighted by molar-refractivity contribution is 7.11. The second-order valence-electron chi connectivity index (χ2n) is 5.52. The first-order chi connectivity index (χ1) is 9.99. The van der Waals surface area contributed by atoms with E-state index in [1.807, 2.05) is 6.07 Å². The Morgan fingerprint density at radius 2 is 2.00 bits per heavy atom. The van der Waals surface area contributed by atoms with Crippen LogP contribution in [-0.4, -0.2) is 11.5 Å². The predicted octanol–water partition coefficient (Wildman–Crippen LogP) is 5.01. The van der Waals surface area contributed by atoms with E-state index in [4.69, 9.17) is 11.6 Å². The van der Waals surface area contributed by atoms with Crippen LogP contribution in [0.5, 0.6) is 0 Å². The van der Waals surface area contributed by atoms with Gasteiger partial charge in [-0.3, -0.25) is 0 Å². The highest BCUT2D eigenvalue weighted by Crippen LogP contribution is 2.26. The number of aryl methyl sites for hydroxylation is 3. The van der Waals surface area contributed by atoms with Crippen molar-refractivity contribution in [3.05, 3.63) is 49.9 Å². The highest BCUT2D eigenvalue weighted by atomic mass is 35.5. The largest absolute Gasteiger partial charge is 0.310 e. The van der Waals surface area contributed by atoms with E-state index < -0.39 is 0 Å². The molecule has 0 bridgehead atoms. The van der Waals surface area contributed by atoms with Gasteiger partial charge in [-0.25, -0.2) is 4.98 Å². The van der Waals surface area contributed by atoms with Crippen molar-refractivity contribution >= 4 is 22.9 Å². The molecule has 0 radical (unpaired) electrons. The fourth-order valence-electron chi connectivity index (χ4n) is 2.39. The second-order valence-corrected chi connectivity index (χ2v) is 7.25. The fourth-order valence-corrected chi connectivity index (χ4v) is 3.67. The molecule has 0 aliphatic rings. The maximum atomic E-state index is 6.22. The molecule has 1 aromatic heterocycles. The Bertz CT molecular complexity index is 567. The van der Waals surface area contributed by atoms with Gasteiger partial charge in [-0.1, -0.05) is 24.6 Å². The Kier molecular flexibility index (Phi) is 5.80. The number of hydrogen-bond donors (Lipinski definition) is 1. The lowest BCUT2D eigenvalue weighted by Gasteiger charge is -2.19. The number of halogens is 1. The zero-order chi connectivity index (χ0) is 15.4. The quantitative estimate of drug-likeness (QED) is 0.809. The second kappa shape index (κ2) is 7.39. The van der Waals surface area contributed by atoms with Crippen molar-refractivity contribution in [3.63, 3.8) is 0 Å². The van der Waals surface area contributed by atoms with Crippen LogP contribution in [0.2, 0.25) is 5.02 Å². The number of hydrogen-bond acceptors (Lipinski definition) is 3. The van der Waals surface area contributed by atoms with Gasteiger partial charge in [0.1, 0.15) is 0 Å². The summed E-state index contributed by atoms with van der Waals surface area (Å²) in [4.78, 5) is 5.98. The summed E-state index contributed by atoms with van der Waals surface area (Å²) in [5.41, 5.74) is 3.60. The van der Waals surface area contributed by atoms with Gasteiger partial charge in [0.15, 0.2) is 0 Å². The van der Waals surface area contributed by atoms with E-state index in [1.54, 1.807) is 11.3 Å². The minimum absolute atomic E-state index is 0.271. The number of nitrogens with zero attached hydrogens (tertiary/aromatic N) is 1. The SMILES string of the molecule is CCCNC(Cc1nc(C)c(C)s1)c1cc(C)cc(Cl)c1. The lowest BCUT2D eigenvalue weighted by molar-refractivity contribution is 0.528. The molecule has 0 aliphatic carbocycles. The molecule has 0 saturated heterocycles. The molecule has 0 saturated carbocycles. The standard InChI is InChI=1S/C17H23ClN2S/c1-5-6-19-16(10-17-20-12(3)13(4)21-17)14-7-11(2)8-15(18)9-14/h7-9,16,19H,5-6,10H2,1-4H3. The van der Waals surface area contributed by atoms with Crippen LogP contribution in [0.3, 0.4) is 0 Å². The third-order valence-corrected chi connectivity index (χ3v) is 4.87. The summed E-state index contributed by atoms with van der Waals surface area (Å²) in [6, 6.07) is 6.55. The van der Waals surface area contributed by atoms with Crippen LogP contribution in [0.4, 0.5) is 0 Å². The first kappa shape index (κ1) is 16.5. The smallest absolute Gasteiger partial charge is 0.0949 e. The number of rotatable bonds is 6. The van der Waals surface area contributed by atoms with Gasteiger partial charge in [-0.15, -0.1) is 11.3 Å². The summed E-state index contributed by atoms with van der Waals surface area (Å²) >= 11 is 8.01. The molecule has 2 rings (SSSR count). The van der Waals surface area contributed by atoms with Gasteiger partial charge in [0, 0.05) is 22.4 Å². The number of aromatic nitrogens is 1. The van der Waals surface area contributed by atoms with Gasteiger partial charge < -0.3 is 5.32 Å². The van der Waals surface area contributed by atoms with Crippen molar-refractivity contribution in [3.8, 4) is 0 Å². The molecule has 1 N–H and O–H groups in total. The molecule has 0 amide bonds. The minimum Gasteiger partial charge on any atom is -0.310 e. The summed E-state index contributed by atoms with van der Waals surface area (Å²) in [5, 5.41) is 5.62. The maximum Gasteiger partial charge on any atom is 0.0949 e. The molecule has 0 aliphatic heterocycles. The summed E-state index contributed by atoms with van der Waals surface area (Å²) in [7, 11) is 0. The maximum absolute atomic E-state index is 6.22. The van der Waals surface area contributed by atoms with Crippen LogP contribution in [0.25, 0.3) is 0 Å². The monoisotopic (exact) mass is 322 g/mol. The third-order valence-electron chi connectivity index (χ3n) is 3.56. The molecule has 21 heavy (non-hydrogen) atoms. The first-order valence-corrected chi connectivity index (χ1v) is 8.62. The Balaban J connectivity index is 2.24. The third kappa shape index (κ3) is 4.53. The van der Waals surface area contributed by atoms with Gasteiger partial charge >= 0.3 is 0 Å². The average molecular weight is 323 g/mol. The molecular weight excluding hydrogens is 300 g/mol. The van der Waals surface area contributed by atoms with E-state index in [0.717, 1.165) is 30.1 Å². The normalized spacial score (nSPS) is 12.6. The van der Waals surface area contributed by atoms with Crippen molar-refractivity contribution in [1.82, 2.24) is 10.3 Å². The van der Waals surface area contributed by atoms with Crippen LogP contribution in [0, 0.1) is 20.8 Å². The Labute approximate surface area is 136 Å². The Morgan fingerprint density at radius 1 is 1.24 bits per heavy atom. The summed E-state index contributed by atoms with van der Waals surface area (Å²) in [6.07, 6.45) is 2.03. The molecule has 114 valence electrons. The van der Waals surface area contributed by atoms with Crippen molar-refractivity contribution in [2.24, 2.45) is 0 Å². The van der Waals surface area contributed by atoms with Crippen molar-refractivity contribution in [2.45, 2.75) is 46.6 Å². The van der Waals surface area contributed by atoms with Gasteiger partial charge in [-0.2, -0.15) is 0 Å². The van der Waals surface area contributed by atoms with Gasteiger partial charge in [-0.05, 0) is 57.0 Å². The van der Waals surface area contributed by atoms with Crippen LogP contribution in [-0.2, 0) is 6.42 Å². The van der Waals surface area contributed by atoms with Gasteiger partial charge in [0.25, 0.3) is 0 Å². The average Bonchev–Trinajstić information content (AvgIpc) is 2.72. The van der Waals surface area contributed by atoms with Gasteiger partial charge in [0.05, 0.1) is 10.7 Å². The minimum atomic E-state index is 0.271. The van der Waals surface area contributed by atoms with Crippen LogP contribution in [0.15, 0.2) is 18.2 Å². The van der Waals surface area contributed by atoms with E-state index in [1.165, 1.54) is 21.0 Å². The number of thiazole rings is 1. The molecule has 2 aromatic rings. The lowest BCUT2D eigenvalue weighted by Crippen LogP contribution is -2.24. The Morgan fingerprint density at radius 3 is 2.57 bits per heavy atom. The number of benzene rings is 1. The van der Waals surface area contributed by atoms with Crippen molar-refractivity contribution < 1.29 is 0 Å². The molecule has 0 spiro atoms. The van der Waals surface area contributed by atoms with E-state index in [9.17, 15) is 0 Å². The zero-order valence-corrected chi connectivity index (χ0v) is 14.7. The molecule has 2 nitrogen and oxygen atoms in total. The lowest BCUT2D eigenvalue weighted by atomic mass is 10.0. The molecule has 1 atom stereocenters. The predicted molar refractivity (Wildman–Crippen MR) is 92.5 cm³/mol. The van der Waals surface area contributed by atoms with Gasteiger partial charge in [0.2, 0.25) is 0 Å². The highest BCUT2D eigenvalue weighted by Gasteiger charge is 2.15.